The molecule has 0 spiro atoms. The number of anilines is 1. The summed E-state index contributed by atoms with van der Waals surface area (Å²) < 4.78 is 32.6. The molecule has 0 bridgehead atoms. The third-order valence-electron chi connectivity index (χ3n) is 3.33. The summed E-state index contributed by atoms with van der Waals surface area (Å²) in [5, 5.41) is 3.76. The van der Waals surface area contributed by atoms with Crippen LogP contribution in [-0.2, 0) is 10.0 Å². The summed E-state index contributed by atoms with van der Waals surface area (Å²) in [7, 11) is -3.72. The zero-order chi connectivity index (χ0) is 16.4. The molecule has 23 heavy (non-hydrogen) atoms. The van der Waals surface area contributed by atoms with Crippen LogP contribution in [0.2, 0.25) is 0 Å². The number of hydrogen-bond donors (Lipinski definition) is 1. The predicted octanol–water partition coefficient (Wildman–Crippen LogP) is 3.15. The Morgan fingerprint density at radius 2 is 1.96 bits per heavy atom. The fourth-order valence-electron chi connectivity index (χ4n) is 2.16. The monoisotopic (exact) mass is 329 g/mol. The number of benzene rings is 1. The molecule has 0 unspecified atom stereocenters. The molecule has 1 N–H and O–H groups in total. The first kappa shape index (κ1) is 15.2. The maximum Gasteiger partial charge on any atom is 0.263 e. The molecule has 2 aromatic heterocycles. The lowest BCUT2D eigenvalue weighted by atomic mass is 10.2. The highest BCUT2D eigenvalue weighted by atomic mass is 32.2. The van der Waals surface area contributed by atoms with Gasteiger partial charge in [0.05, 0.1) is 4.90 Å². The van der Waals surface area contributed by atoms with Crippen molar-refractivity contribution in [2.45, 2.75) is 18.7 Å². The van der Waals surface area contributed by atoms with Gasteiger partial charge >= 0.3 is 0 Å². The first-order valence-corrected chi connectivity index (χ1v) is 8.41. The Labute approximate surface area is 134 Å². The van der Waals surface area contributed by atoms with E-state index in [1.54, 1.807) is 43.6 Å². The maximum absolute atomic E-state index is 12.5. The molecule has 0 amide bonds. The molecule has 0 atom stereocenters. The molecule has 3 aromatic rings. The summed E-state index contributed by atoms with van der Waals surface area (Å²) in [5.41, 5.74) is 2.25. The van der Waals surface area contributed by atoms with Crippen molar-refractivity contribution < 1.29 is 12.9 Å². The molecule has 0 saturated heterocycles. The molecule has 7 heteroatoms. The fourth-order valence-corrected chi connectivity index (χ4v) is 3.47. The highest BCUT2D eigenvalue weighted by molar-refractivity contribution is 7.92. The number of aryl methyl sites for hydroxylation is 2. The van der Waals surface area contributed by atoms with Gasteiger partial charge < -0.3 is 4.52 Å². The average molecular weight is 329 g/mol. The average Bonchev–Trinajstić information content (AvgIpc) is 2.98. The van der Waals surface area contributed by atoms with Gasteiger partial charge in [0.1, 0.15) is 0 Å². The van der Waals surface area contributed by atoms with Gasteiger partial charge in [0, 0.05) is 24.0 Å². The van der Waals surface area contributed by atoms with E-state index in [0.717, 1.165) is 11.1 Å². The van der Waals surface area contributed by atoms with Gasteiger partial charge in [-0.1, -0.05) is 17.3 Å². The molecule has 0 saturated carbocycles. The van der Waals surface area contributed by atoms with Gasteiger partial charge in [0.15, 0.2) is 11.6 Å². The van der Waals surface area contributed by atoms with Gasteiger partial charge in [-0.05, 0) is 43.2 Å². The molecule has 0 fully saturated rings. The van der Waals surface area contributed by atoms with E-state index >= 15 is 0 Å². The lowest BCUT2D eigenvalue weighted by Gasteiger charge is -2.08. The van der Waals surface area contributed by atoms with Crippen LogP contribution in [0.15, 0.2) is 58.2 Å². The normalized spacial score (nSPS) is 11.4. The fraction of sp³-hybridized carbons (Fsp3) is 0.125. The second-order valence-corrected chi connectivity index (χ2v) is 6.84. The zero-order valence-corrected chi connectivity index (χ0v) is 13.5. The summed E-state index contributed by atoms with van der Waals surface area (Å²) >= 11 is 0. The number of rotatable bonds is 4. The third kappa shape index (κ3) is 3.24. The van der Waals surface area contributed by atoms with Gasteiger partial charge in [0.2, 0.25) is 0 Å². The van der Waals surface area contributed by atoms with E-state index in [9.17, 15) is 8.42 Å². The molecule has 2 heterocycles. The van der Waals surface area contributed by atoms with Crippen LogP contribution >= 0.6 is 0 Å². The van der Waals surface area contributed by atoms with Crippen molar-refractivity contribution in [1.82, 2.24) is 10.1 Å². The van der Waals surface area contributed by atoms with Gasteiger partial charge in [-0.2, -0.15) is 0 Å². The first-order chi connectivity index (χ1) is 11.0. The van der Waals surface area contributed by atoms with Crippen LogP contribution in [0.1, 0.15) is 11.1 Å². The summed E-state index contributed by atoms with van der Waals surface area (Å²) in [5.74, 6) is 0.571. The lowest BCUT2D eigenvalue weighted by Crippen LogP contribution is -2.14. The first-order valence-electron chi connectivity index (χ1n) is 6.93. The summed E-state index contributed by atoms with van der Waals surface area (Å²) in [6.07, 6.45) is 3.26. The topological polar surface area (TPSA) is 85.1 Å². The molecule has 3 rings (SSSR count). The van der Waals surface area contributed by atoms with Crippen LogP contribution in [0.4, 0.5) is 5.82 Å². The van der Waals surface area contributed by atoms with E-state index in [1.165, 1.54) is 6.07 Å². The Kier molecular flexibility index (Phi) is 3.87. The van der Waals surface area contributed by atoms with Gasteiger partial charge in [-0.15, -0.1) is 0 Å². The van der Waals surface area contributed by atoms with E-state index < -0.39 is 10.0 Å². The smallest absolute Gasteiger partial charge is 0.263 e. The van der Waals surface area contributed by atoms with Crippen LogP contribution in [0.3, 0.4) is 0 Å². The SMILES string of the molecule is Cc1ccc(C)c(S(=O)(=O)Nc2cc(-c3cccnc3)on2)c1. The standard InChI is InChI=1S/C16H15N3O3S/c1-11-5-6-12(2)15(8-11)23(20,21)19-16-9-14(22-18-16)13-4-3-7-17-10-13/h3-10H,1-2H3,(H,18,19). The van der Waals surface area contributed by atoms with Crippen molar-refractivity contribution in [3.8, 4) is 11.3 Å². The molecular weight excluding hydrogens is 314 g/mol. The summed E-state index contributed by atoms with van der Waals surface area (Å²) in [6.45, 7) is 3.59. The van der Waals surface area contributed by atoms with E-state index in [0.29, 0.717) is 11.3 Å². The van der Waals surface area contributed by atoms with Gasteiger partial charge in [-0.25, -0.2) is 8.42 Å². The molecule has 1 aromatic carbocycles. The van der Waals surface area contributed by atoms with Crippen molar-refractivity contribution in [1.29, 1.82) is 0 Å². The van der Waals surface area contributed by atoms with Crippen LogP contribution < -0.4 is 4.72 Å². The minimum absolute atomic E-state index is 0.129. The molecule has 118 valence electrons. The molecule has 0 aliphatic heterocycles. The number of hydrogen-bond acceptors (Lipinski definition) is 5. The largest absolute Gasteiger partial charge is 0.354 e. The van der Waals surface area contributed by atoms with E-state index in [4.69, 9.17) is 4.52 Å². The molecular formula is C16H15N3O3S. The van der Waals surface area contributed by atoms with Crippen molar-refractivity contribution in [3.63, 3.8) is 0 Å². The highest BCUT2D eigenvalue weighted by Crippen LogP contribution is 2.24. The molecule has 6 nitrogen and oxygen atoms in total. The Balaban J connectivity index is 1.90. The van der Waals surface area contributed by atoms with E-state index in [1.807, 2.05) is 13.0 Å². The summed E-state index contributed by atoms with van der Waals surface area (Å²) in [4.78, 5) is 4.21. The Morgan fingerprint density at radius 1 is 1.13 bits per heavy atom. The van der Waals surface area contributed by atoms with Gasteiger partial charge in [-0.3, -0.25) is 9.71 Å². The number of nitrogens with zero attached hydrogens (tertiary/aromatic N) is 2. The lowest BCUT2D eigenvalue weighted by molar-refractivity contribution is 0.435. The Hall–Kier alpha value is -2.67. The number of nitrogens with one attached hydrogen (secondary N) is 1. The highest BCUT2D eigenvalue weighted by Gasteiger charge is 2.19. The summed E-state index contributed by atoms with van der Waals surface area (Å²) in [6, 6.07) is 10.4. The zero-order valence-electron chi connectivity index (χ0n) is 12.6. The molecule has 0 aliphatic rings. The number of aromatic nitrogens is 2. The second-order valence-electron chi connectivity index (χ2n) is 5.19. The quantitative estimate of drug-likeness (QED) is 0.794. The van der Waals surface area contributed by atoms with Crippen LogP contribution in [0.25, 0.3) is 11.3 Å². The molecule has 0 radical (unpaired) electrons. The predicted molar refractivity (Wildman–Crippen MR) is 86.5 cm³/mol. The number of sulfonamides is 1. The minimum Gasteiger partial charge on any atom is -0.354 e. The van der Waals surface area contributed by atoms with Crippen molar-refractivity contribution in [3.05, 3.63) is 59.9 Å². The van der Waals surface area contributed by atoms with Crippen molar-refractivity contribution in [2.75, 3.05) is 4.72 Å². The van der Waals surface area contributed by atoms with Crippen LogP contribution in [-0.4, -0.2) is 18.6 Å². The van der Waals surface area contributed by atoms with Crippen molar-refractivity contribution in [2.24, 2.45) is 0 Å². The minimum atomic E-state index is -3.72. The van der Waals surface area contributed by atoms with Gasteiger partial charge in [0.25, 0.3) is 10.0 Å². The van der Waals surface area contributed by atoms with Crippen molar-refractivity contribution >= 4 is 15.8 Å². The van der Waals surface area contributed by atoms with E-state index in [-0.39, 0.29) is 10.7 Å². The third-order valence-corrected chi connectivity index (χ3v) is 4.83. The molecule has 0 aliphatic carbocycles. The van der Waals surface area contributed by atoms with E-state index in [2.05, 4.69) is 14.9 Å². The second kappa shape index (κ2) is 5.85. The Bertz CT molecular complexity index is 934. The Morgan fingerprint density at radius 3 is 2.70 bits per heavy atom. The van der Waals surface area contributed by atoms with Crippen LogP contribution in [0, 0.1) is 13.8 Å². The maximum atomic E-state index is 12.5. The number of pyridine rings is 1. The van der Waals surface area contributed by atoms with Crippen LogP contribution in [0.5, 0.6) is 0 Å².